The third kappa shape index (κ3) is 1.69. The van der Waals surface area contributed by atoms with Gasteiger partial charge in [-0.05, 0) is 62.8 Å². The monoisotopic (exact) mass is 216 g/mol. The summed E-state index contributed by atoms with van der Waals surface area (Å²) in [6, 6.07) is 0. The number of hydrogen-bond acceptors (Lipinski definition) is 1. The van der Waals surface area contributed by atoms with Gasteiger partial charge in [-0.3, -0.25) is 0 Å². The van der Waals surface area contributed by atoms with Crippen LogP contribution in [0.15, 0.2) is 45.6 Å². The minimum atomic E-state index is -0.373. The number of hydrogen-bond donors (Lipinski definition) is 1. The number of aliphatic hydroxyl groups excluding tert-OH is 1. The Morgan fingerprint density at radius 2 is 1.25 bits per heavy atom. The molecule has 0 radical (unpaired) electrons. The fourth-order valence-corrected chi connectivity index (χ4v) is 2.49. The zero-order valence-corrected chi connectivity index (χ0v) is 10.6. The molecule has 0 saturated carbocycles. The van der Waals surface area contributed by atoms with Gasteiger partial charge in [0.1, 0.15) is 0 Å². The molecule has 0 heterocycles. The van der Waals surface area contributed by atoms with Gasteiger partial charge in [0.2, 0.25) is 0 Å². The predicted octanol–water partition coefficient (Wildman–Crippen LogP) is 3.68. The summed E-state index contributed by atoms with van der Waals surface area (Å²) in [7, 11) is 0. The SMILES string of the molecule is CC1=CCC(C(O)C2=C(C)C(C)=CC2)=C1C. The summed E-state index contributed by atoms with van der Waals surface area (Å²) in [5.74, 6) is 0. The average molecular weight is 216 g/mol. The molecule has 0 amide bonds. The van der Waals surface area contributed by atoms with Crippen molar-refractivity contribution in [3.05, 3.63) is 45.6 Å². The molecule has 0 fully saturated rings. The highest BCUT2D eigenvalue weighted by Crippen LogP contribution is 2.35. The minimum absolute atomic E-state index is 0.373. The quantitative estimate of drug-likeness (QED) is 0.746. The molecule has 1 nitrogen and oxygen atoms in total. The highest BCUT2D eigenvalue weighted by Gasteiger charge is 2.24. The molecular formula is C15H20O. The number of rotatable bonds is 2. The average Bonchev–Trinajstić information content (AvgIpc) is 2.74. The molecule has 1 N–H and O–H groups in total. The van der Waals surface area contributed by atoms with Crippen molar-refractivity contribution in [3.63, 3.8) is 0 Å². The summed E-state index contributed by atoms with van der Waals surface area (Å²) < 4.78 is 0. The Labute approximate surface area is 97.9 Å². The van der Waals surface area contributed by atoms with Gasteiger partial charge >= 0.3 is 0 Å². The molecule has 0 saturated heterocycles. The lowest BCUT2D eigenvalue weighted by Crippen LogP contribution is -2.14. The molecule has 2 aliphatic carbocycles. The van der Waals surface area contributed by atoms with Gasteiger partial charge in [0.25, 0.3) is 0 Å². The Balaban J connectivity index is 2.27. The molecule has 0 unspecified atom stereocenters. The van der Waals surface area contributed by atoms with Gasteiger partial charge in [0, 0.05) is 0 Å². The third-order valence-corrected chi connectivity index (χ3v) is 4.06. The topological polar surface area (TPSA) is 20.2 Å². The van der Waals surface area contributed by atoms with Crippen molar-refractivity contribution in [2.75, 3.05) is 0 Å². The van der Waals surface area contributed by atoms with Gasteiger partial charge in [-0.2, -0.15) is 0 Å². The van der Waals surface area contributed by atoms with Gasteiger partial charge < -0.3 is 5.11 Å². The summed E-state index contributed by atoms with van der Waals surface area (Å²) in [6.07, 6.45) is 5.86. The Kier molecular flexibility index (Phi) is 2.90. The molecule has 0 atom stereocenters. The Morgan fingerprint density at radius 1 is 0.875 bits per heavy atom. The summed E-state index contributed by atoms with van der Waals surface area (Å²) >= 11 is 0. The highest BCUT2D eigenvalue weighted by atomic mass is 16.3. The van der Waals surface area contributed by atoms with E-state index in [-0.39, 0.29) is 6.10 Å². The second-order valence-electron chi connectivity index (χ2n) is 4.89. The van der Waals surface area contributed by atoms with E-state index in [1.54, 1.807) is 0 Å². The van der Waals surface area contributed by atoms with Crippen molar-refractivity contribution in [3.8, 4) is 0 Å². The standard InChI is InChI=1S/C15H20O/c1-9-5-7-13(11(9)3)15(16)14-8-6-10(2)12(14)4/h5-6,15-16H,7-8H2,1-4H3. The van der Waals surface area contributed by atoms with E-state index in [2.05, 4.69) is 39.8 Å². The van der Waals surface area contributed by atoms with E-state index in [4.69, 9.17) is 0 Å². The summed E-state index contributed by atoms with van der Waals surface area (Å²) in [4.78, 5) is 0. The van der Waals surface area contributed by atoms with Gasteiger partial charge in [-0.15, -0.1) is 0 Å². The van der Waals surface area contributed by atoms with Crippen LogP contribution in [-0.2, 0) is 0 Å². The predicted molar refractivity (Wildman–Crippen MR) is 68.2 cm³/mol. The van der Waals surface area contributed by atoms with Crippen molar-refractivity contribution >= 4 is 0 Å². The third-order valence-electron chi connectivity index (χ3n) is 4.06. The lowest BCUT2D eigenvalue weighted by Gasteiger charge is -2.17. The van der Waals surface area contributed by atoms with Crippen LogP contribution in [0.2, 0.25) is 0 Å². The van der Waals surface area contributed by atoms with Gasteiger partial charge in [-0.25, -0.2) is 0 Å². The van der Waals surface area contributed by atoms with Crippen molar-refractivity contribution in [2.24, 2.45) is 0 Å². The maximum atomic E-state index is 10.4. The summed E-state index contributed by atoms with van der Waals surface area (Å²) in [6.45, 7) is 8.47. The van der Waals surface area contributed by atoms with E-state index in [0.29, 0.717) is 0 Å². The summed E-state index contributed by atoms with van der Waals surface area (Å²) in [5.41, 5.74) is 7.56. The molecule has 1 heteroatoms. The molecule has 0 spiro atoms. The molecule has 2 aliphatic rings. The number of allylic oxidation sites excluding steroid dienone is 6. The first kappa shape index (κ1) is 11.4. The molecule has 0 aromatic rings. The molecule has 86 valence electrons. The fourth-order valence-electron chi connectivity index (χ4n) is 2.49. The number of aliphatic hydroxyl groups is 1. The van der Waals surface area contributed by atoms with E-state index in [0.717, 1.165) is 12.8 Å². The van der Waals surface area contributed by atoms with Gasteiger partial charge in [-0.1, -0.05) is 23.3 Å². The summed E-state index contributed by atoms with van der Waals surface area (Å²) in [5, 5.41) is 10.4. The van der Waals surface area contributed by atoms with Crippen molar-refractivity contribution in [2.45, 2.75) is 46.6 Å². The van der Waals surface area contributed by atoms with Crippen molar-refractivity contribution < 1.29 is 5.11 Å². The lowest BCUT2D eigenvalue weighted by atomic mass is 9.94. The van der Waals surface area contributed by atoms with Crippen LogP contribution in [-0.4, -0.2) is 11.2 Å². The highest BCUT2D eigenvalue weighted by molar-refractivity contribution is 5.49. The van der Waals surface area contributed by atoms with E-state index in [1.807, 2.05) is 0 Å². The van der Waals surface area contributed by atoms with E-state index < -0.39 is 0 Å². The van der Waals surface area contributed by atoms with Crippen molar-refractivity contribution in [1.29, 1.82) is 0 Å². The Bertz CT molecular complexity index is 402. The Morgan fingerprint density at radius 3 is 1.50 bits per heavy atom. The van der Waals surface area contributed by atoms with Crippen LogP contribution in [0.5, 0.6) is 0 Å². The largest absolute Gasteiger partial charge is 0.384 e. The van der Waals surface area contributed by atoms with Crippen molar-refractivity contribution in [1.82, 2.24) is 0 Å². The molecule has 0 aliphatic heterocycles. The van der Waals surface area contributed by atoms with Gasteiger partial charge in [0.15, 0.2) is 0 Å². The smallest absolute Gasteiger partial charge is 0.0978 e. The minimum Gasteiger partial charge on any atom is -0.384 e. The van der Waals surface area contributed by atoms with Crippen LogP contribution >= 0.6 is 0 Å². The normalized spacial score (nSPS) is 21.1. The maximum Gasteiger partial charge on any atom is 0.0978 e. The first-order chi connectivity index (χ1) is 7.52. The van der Waals surface area contributed by atoms with Crippen LogP contribution in [0, 0.1) is 0 Å². The van der Waals surface area contributed by atoms with Crippen LogP contribution in [0.3, 0.4) is 0 Å². The molecule has 0 bridgehead atoms. The van der Waals surface area contributed by atoms with Gasteiger partial charge in [0.05, 0.1) is 6.10 Å². The zero-order chi connectivity index (χ0) is 11.9. The lowest BCUT2D eigenvalue weighted by molar-refractivity contribution is 0.241. The van der Waals surface area contributed by atoms with Crippen LogP contribution in [0.1, 0.15) is 40.5 Å². The molecule has 0 aromatic carbocycles. The van der Waals surface area contributed by atoms with E-state index in [9.17, 15) is 5.11 Å². The van der Waals surface area contributed by atoms with Crippen LogP contribution in [0.4, 0.5) is 0 Å². The van der Waals surface area contributed by atoms with E-state index in [1.165, 1.54) is 33.4 Å². The molecule has 0 aromatic heterocycles. The van der Waals surface area contributed by atoms with Crippen LogP contribution < -0.4 is 0 Å². The second-order valence-corrected chi connectivity index (χ2v) is 4.89. The Hall–Kier alpha value is -1.08. The first-order valence-electron chi connectivity index (χ1n) is 5.94. The fraction of sp³-hybridized carbons (Fsp3) is 0.467. The van der Waals surface area contributed by atoms with E-state index >= 15 is 0 Å². The molecule has 2 rings (SSSR count). The molecule has 16 heavy (non-hydrogen) atoms. The molecular weight excluding hydrogens is 196 g/mol. The maximum absolute atomic E-state index is 10.4. The first-order valence-corrected chi connectivity index (χ1v) is 5.94. The van der Waals surface area contributed by atoms with Crippen LogP contribution in [0.25, 0.3) is 0 Å². The second kappa shape index (κ2) is 4.06. The zero-order valence-electron chi connectivity index (χ0n) is 10.6.